The first-order valence-corrected chi connectivity index (χ1v) is 10.4. The van der Waals surface area contributed by atoms with Gasteiger partial charge in [0.2, 0.25) is 0 Å². The lowest BCUT2D eigenvalue weighted by atomic mass is 10.0. The van der Waals surface area contributed by atoms with E-state index in [0.29, 0.717) is 37.2 Å². The molecule has 0 aliphatic rings. The number of benzene rings is 2. The van der Waals surface area contributed by atoms with Gasteiger partial charge in [-0.1, -0.05) is 35.4 Å². The van der Waals surface area contributed by atoms with Gasteiger partial charge in [0.15, 0.2) is 0 Å². The number of hydrogen-bond donors (Lipinski definition) is 3. The molecule has 0 saturated heterocycles. The smallest absolute Gasteiger partial charge is 0.317 e. The second-order valence-electron chi connectivity index (χ2n) is 8.23. The van der Waals surface area contributed by atoms with Crippen LogP contribution < -0.4 is 0 Å². The van der Waals surface area contributed by atoms with Crippen molar-refractivity contribution in [3.8, 4) is 11.5 Å². The van der Waals surface area contributed by atoms with Crippen LogP contribution in [0.2, 0.25) is 0 Å². The molecule has 0 amide bonds. The van der Waals surface area contributed by atoms with Gasteiger partial charge in [0.1, 0.15) is 18.2 Å². The Bertz CT molecular complexity index is 960. The summed E-state index contributed by atoms with van der Waals surface area (Å²) in [5.74, 6) is -0.627. The molecule has 8 nitrogen and oxygen atoms in total. The van der Waals surface area contributed by atoms with Gasteiger partial charge in [0.05, 0.1) is 6.54 Å². The van der Waals surface area contributed by atoms with Crippen molar-refractivity contribution in [1.29, 1.82) is 0 Å². The SMILES string of the molecule is Cc1cc(C)c(O)c(CN(CCN(CC(=O)O)Cc2cc(C)cc(C)c2O)COC=O)c1. The Morgan fingerprint density at radius 1 is 0.875 bits per heavy atom. The van der Waals surface area contributed by atoms with Gasteiger partial charge in [-0.25, -0.2) is 0 Å². The molecule has 0 spiro atoms. The van der Waals surface area contributed by atoms with E-state index >= 15 is 0 Å². The van der Waals surface area contributed by atoms with Crippen LogP contribution in [-0.4, -0.2) is 63.9 Å². The molecule has 0 atom stereocenters. The topological polar surface area (TPSA) is 111 Å². The minimum Gasteiger partial charge on any atom is -0.507 e. The van der Waals surface area contributed by atoms with E-state index in [0.717, 1.165) is 22.3 Å². The molecule has 8 heteroatoms. The molecule has 0 aromatic heterocycles. The van der Waals surface area contributed by atoms with Gasteiger partial charge in [0, 0.05) is 37.3 Å². The molecule has 32 heavy (non-hydrogen) atoms. The second-order valence-corrected chi connectivity index (χ2v) is 8.23. The maximum Gasteiger partial charge on any atom is 0.317 e. The monoisotopic (exact) mass is 444 g/mol. The zero-order chi connectivity index (χ0) is 23.8. The van der Waals surface area contributed by atoms with Gasteiger partial charge in [-0.15, -0.1) is 0 Å². The molecule has 0 aliphatic heterocycles. The van der Waals surface area contributed by atoms with Crippen LogP contribution in [0.3, 0.4) is 0 Å². The second kappa shape index (κ2) is 11.5. The number of carboxylic acids is 1. The number of aromatic hydroxyl groups is 2. The number of carboxylic acid groups (broad SMARTS) is 1. The van der Waals surface area contributed by atoms with E-state index in [1.165, 1.54) is 0 Å². The van der Waals surface area contributed by atoms with Crippen molar-refractivity contribution in [1.82, 2.24) is 9.80 Å². The molecule has 3 N–H and O–H groups in total. The van der Waals surface area contributed by atoms with Gasteiger partial charge in [-0.2, -0.15) is 0 Å². The van der Waals surface area contributed by atoms with Crippen molar-refractivity contribution in [3.63, 3.8) is 0 Å². The van der Waals surface area contributed by atoms with E-state index in [9.17, 15) is 24.9 Å². The van der Waals surface area contributed by atoms with Gasteiger partial charge >= 0.3 is 5.97 Å². The van der Waals surface area contributed by atoms with Crippen LogP contribution in [0.5, 0.6) is 11.5 Å². The molecule has 2 aromatic carbocycles. The molecule has 0 heterocycles. The lowest BCUT2D eigenvalue weighted by Gasteiger charge is -2.27. The van der Waals surface area contributed by atoms with Crippen LogP contribution in [0.15, 0.2) is 24.3 Å². The highest BCUT2D eigenvalue weighted by molar-refractivity contribution is 5.69. The number of hydrogen-bond acceptors (Lipinski definition) is 7. The van der Waals surface area contributed by atoms with E-state index in [1.807, 2.05) is 56.9 Å². The number of nitrogens with zero attached hydrogens (tertiary/aromatic N) is 2. The zero-order valence-corrected chi connectivity index (χ0v) is 19.1. The Labute approximate surface area is 188 Å². The maximum atomic E-state index is 11.4. The van der Waals surface area contributed by atoms with E-state index in [-0.39, 0.29) is 31.3 Å². The van der Waals surface area contributed by atoms with Crippen LogP contribution in [0.4, 0.5) is 0 Å². The fourth-order valence-corrected chi connectivity index (χ4v) is 3.83. The summed E-state index contributed by atoms with van der Waals surface area (Å²) in [6.45, 7) is 8.98. The van der Waals surface area contributed by atoms with Crippen molar-refractivity contribution in [2.75, 3.05) is 26.4 Å². The Morgan fingerprint density at radius 2 is 1.34 bits per heavy atom. The minimum absolute atomic E-state index is 0.00560. The first-order chi connectivity index (χ1) is 15.1. The highest BCUT2D eigenvalue weighted by Crippen LogP contribution is 2.26. The number of carbonyl (C=O) groups excluding carboxylic acids is 1. The quantitative estimate of drug-likeness (QED) is 0.339. The Hall–Kier alpha value is -3.10. The Balaban J connectivity index is 2.18. The predicted octanol–water partition coefficient (Wildman–Crippen LogP) is 2.85. The largest absolute Gasteiger partial charge is 0.507 e. The molecule has 0 fully saturated rings. The normalized spacial score (nSPS) is 11.2. The fourth-order valence-electron chi connectivity index (χ4n) is 3.83. The number of ether oxygens (including phenoxy) is 1. The average molecular weight is 445 g/mol. The Morgan fingerprint density at radius 3 is 1.81 bits per heavy atom. The van der Waals surface area contributed by atoms with Gasteiger partial charge in [-0.05, 0) is 38.8 Å². The third-order valence-corrected chi connectivity index (χ3v) is 5.25. The van der Waals surface area contributed by atoms with Gasteiger partial charge < -0.3 is 20.1 Å². The molecule has 0 radical (unpaired) electrons. The summed E-state index contributed by atoms with van der Waals surface area (Å²) in [5.41, 5.74) is 4.84. The van der Waals surface area contributed by atoms with Crippen LogP contribution in [-0.2, 0) is 27.4 Å². The number of carbonyl (C=O) groups is 2. The van der Waals surface area contributed by atoms with Crippen molar-refractivity contribution < 1.29 is 29.6 Å². The first-order valence-electron chi connectivity index (χ1n) is 10.4. The highest BCUT2D eigenvalue weighted by atomic mass is 16.5. The summed E-state index contributed by atoms with van der Waals surface area (Å²) < 4.78 is 4.94. The number of aliphatic carboxylic acids is 1. The van der Waals surface area contributed by atoms with E-state index in [1.54, 1.807) is 4.90 Å². The number of phenolic OH excluding ortho intramolecular Hbond substituents is 2. The van der Waals surface area contributed by atoms with Crippen molar-refractivity contribution in [3.05, 3.63) is 57.6 Å². The first kappa shape index (κ1) is 25.2. The van der Waals surface area contributed by atoms with Gasteiger partial charge in [-0.3, -0.25) is 19.4 Å². The third-order valence-electron chi connectivity index (χ3n) is 5.25. The van der Waals surface area contributed by atoms with Crippen molar-refractivity contribution in [2.45, 2.75) is 40.8 Å². The van der Waals surface area contributed by atoms with Crippen LogP contribution in [0.25, 0.3) is 0 Å². The summed E-state index contributed by atoms with van der Waals surface area (Å²) in [6.07, 6.45) is 0. The van der Waals surface area contributed by atoms with Gasteiger partial charge in [0.25, 0.3) is 6.47 Å². The van der Waals surface area contributed by atoms with Crippen LogP contribution in [0, 0.1) is 27.7 Å². The maximum absolute atomic E-state index is 11.4. The van der Waals surface area contributed by atoms with Crippen molar-refractivity contribution in [2.24, 2.45) is 0 Å². The number of aryl methyl sites for hydroxylation is 4. The van der Waals surface area contributed by atoms with Crippen molar-refractivity contribution >= 4 is 12.4 Å². The third kappa shape index (κ3) is 7.25. The molecule has 0 aliphatic carbocycles. The predicted molar refractivity (Wildman–Crippen MR) is 121 cm³/mol. The number of rotatable bonds is 12. The summed E-state index contributed by atoms with van der Waals surface area (Å²) in [7, 11) is 0. The Kier molecular flexibility index (Phi) is 9.04. The molecule has 2 rings (SSSR count). The van der Waals surface area contributed by atoms with Crippen LogP contribution in [0.1, 0.15) is 33.4 Å². The molecule has 2 aromatic rings. The lowest BCUT2D eigenvalue weighted by molar-refractivity contribution is -0.138. The molecule has 0 bridgehead atoms. The summed E-state index contributed by atoms with van der Waals surface area (Å²) in [6, 6.07) is 7.47. The average Bonchev–Trinajstić information content (AvgIpc) is 2.70. The summed E-state index contributed by atoms with van der Waals surface area (Å²) in [4.78, 5) is 25.7. The molecular weight excluding hydrogens is 412 g/mol. The molecule has 0 unspecified atom stereocenters. The molecular formula is C24H32N2O6. The zero-order valence-electron chi connectivity index (χ0n) is 19.1. The van der Waals surface area contributed by atoms with Crippen LogP contribution >= 0.6 is 0 Å². The highest BCUT2D eigenvalue weighted by Gasteiger charge is 2.17. The van der Waals surface area contributed by atoms with E-state index in [4.69, 9.17) is 4.74 Å². The molecule has 0 saturated carbocycles. The minimum atomic E-state index is -0.975. The summed E-state index contributed by atoms with van der Waals surface area (Å²) >= 11 is 0. The van der Waals surface area contributed by atoms with E-state index < -0.39 is 5.97 Å². The summed E-state index contributed by atoms with van der Waals surface area (Å²) in [5, 5.41) is 30.2. The van der Waals surface area contributed by atoms with E-state index in [2.05, 4.69) is 0 Å². The lowest BCUT2D eigenvalue weighted by Crippen LogP contribution is -2.38. The fraction of sp³-hybridized carbons (Fsp3) is 0.417. The standard InChI is InChI=1S/C24H32N2O6/c1-16-7-18(3)23(30)20(9-16)11-25(13-22(28)29)5-6-26(14-32-15-27)12-21-10-17(2)8-19(4)24(21)31/h7-10,15,30-31H,5-6,11-14H2,1-4H3,(H,28,29). The molecule has 174 valence electrons. The number of phenols is 2.